The maximum Gasteiger partial charge on any atom is 0.223 e. The molecule has 0 radical (unpaired) electrons. The number of rotatable bonds is 4. The molecule has 0 aliphatic carbocycles. The molecule has 0 saturated heterocycles. The number of fused-ring (bicyclic) bond motifs is 1. The van der Waals surface area contributed by atoms with E-state index in [4.69, 9.17) is 4.42 Å². The quantitative estimate of drug-likeness (QED) is 0.611. The summed E-state index contributed by atoms with van der Waals surface area (Å²) in [6, 6.07) is 13.8. The number of benzene rings is 1. The summed E-state index contributed by atoms with van der Waals surface area (Å²) < 4.78 is 5.91. The predicted octanol–water partition coefficient (Wildman–Crippen LogP) is 4.21. The molecule has 4 aromatic rings. The van der Waals surface area contributed by atoms with E-state index >= 15 is 0 Å². The van der Waals surface area contributed by atoms with E-state index in [1.165, 1.54) is 0 Å². The van der Waals surface area contributed by atoms with Crippen molar-refractivity contribution in [1.82, 2.24) is 15.0 Å². The molecule has 4 rings (SSSR count). The van der Waals surface area contributed by atoms with Crippen molar-refractivity contribution in [2.45, 2.75) is 13.5 Å². The van der Waals surface area contributed by atoms with E-state index in [-0.39, 0.29) is 0 Å². The zero-order valence-corrected chi connectivity index (χ0v) is 13.2. The minimum absolute atomic E-state index is 0.539. The Balaban J connectivity index is 1.56. The summed E-state index contributed by atoms with van der Waals surface area (Å²) >= 11 is 0. The van der Waals surface area contributed by atoms with E-state index in [0.29, 0.717) is 12.5 Å². The Morgan fingerprint density at radius 2 is 1.96 bits per heavy atom. The van der Waals surface area contributed by atoms with Crippen LogP contribution >= 0.6 is 0 Å². The highest BCUT2D eigenvalue weighted by Crippen LogP contribution is 2.25. The molecule has 0 aliphatic rings. The van der Waals surface area contributed by atoms with Gasteiger partial charge in [-0.15, -0.1) is 0 Å². The maximum absolute atomic E-state index is 5.91. The lowest BCUT2D eigenvalue weighted by atomic mass is 10.1. The second-order valence-electron chi connectivity index (χ2n) is 5.51. The summed E-state index contributed by atoms with van der Waals surface area (Å²) in [6.45, 7) is 2.60. The molecule has 0 saturated carbocycles. The fraction of sp³-hybridized carbons (Fsp3) is 0.105. The molecule has 0 aliphatic heterocycles. The van der Waals surface area contributed by atoms with E-state index in [9.17, 15) is 0 Å². The number of aryl methyl sites for hydroxylation is 1. The average Bonchev–Trinajstić information content (AvgIpc) is 2.97. The van der Waals surface area contributed by atoms with Crippen LogP contribution in [-0.4, -0.2) is 15.0 Å². The van der Waals surface area contributed by atoms with Gasteiger partial charge < -0.3 is 9.73 Å². The number of aromatic nitrogens is 3. The number of nitrogens with one attached hydrogen (secondary N) is 1. The SMILES string of the molecule is Cc1c(CNc2nccc(-c3cccnc3)n2)oc2ccccc12. The lowest BCUT2D eigenvalue weighted by Gasteiger charge is -2.05. The van der Waals surface area contributed by atoms with Crippen molar-refractivity contribution in [3.8, 4) is 11.3 Å². The molecule has 0 unspecified atom stereocenters. The van der Waals surface area contributed by atoms with Crippen molar-refractivity contribution in [2.24, 2.45) is 0 Å². The molecule has 0 bridgehead atoms. The summed E-state index contributed by atoms with van der Waals surface area (Å²) in [4.78, 5) is 12.9. The van der Waals surface area contributed by atoms with Crippen LogP contribution in [-0.2, 0) is 6.54 Å². The number of pyridine rings is 1. The average molecular weight is 316 g/mol. The molecule has 1 N–H and O–H groups in total. The minimum atomic E-state index is 0.539. The van der Waals surface area contributed by atoms with Gasteiger partial charge in [-0.25, -0.2) is 9.97 Å². The third-order valence-corrected chi connectivity index (χ3v) is 3.96. The number of furan rings is 1. The van der Waals surface area contributed by atoms with E-state index in [0.717, 1.165) is 33.6 Å². The van der Waals surface area contributed by atoms with Crippen LogP contribution in [0.15, 0.2) is 65.5 Å². The van der Waals surface area contributed by atoms with Crippen LogP contribution in [0.5, 0.6) is 0 Å². The summed E-state index contributed by atoms with van der Waals surface area (Å²) in [5.41, 5.74) is 3.84. The monoisotopic (exact) mass is 316 g/mol. The zero-order chi connectivity index (χ0) is 16.4. The molecule has 5 nitrogen and oxygen atoms in total. The predicted molar refractivity (Wildman–Crippen MR) is 93.5 cm³/mol. The Morgan fingerprint density at radius 1 is 1.04 bits per heavy atom. The second-order valence-corrected chi connectivity index (χ2v) is 5.51. The third-order valence-electron chi connectivity index (χ3n) is 3.96. The number of anilines is 1. The van der Waals surface area contributed by atoms with Crippen LogP contribution in [0.4, 0.5) is 5.95 Å². The van der Waals surface area contributed by atoms with E-state index in [2.05, 4.69) is 33.3 Å². The first-order valence-corrected chi connectivity index (χ1v) is 7.75. The first-order chi connectivity index (χ1) is 11.8. The highest BCUT2D eigenvalue weighted by molar-refractivity contribution is 5.81. The molecule has 3 heterocycles. The molecule has 3 aromatic heterocycles. The fourth-order valence-electron chi connectivity index (χ4n) is 2.67. The fourth-order valence-corrected chi connectivity index (χ4v) is 2.67. The van der Waals surface area contributed by atoms with E-state index in [1.807, 2.05) is 36.4 Å². The van der Waals surface area contributed by atoms with Gasteiger partial charge in [-0.3, -0.25) is 4.98 Å². The molecular weight excluding hydrogens is 300 g/mol. The summed E-state index contributed by atoms with van der Waals surface area (Å²) in [6.07, 6.45) is 5.27. The van der Waals surface area contributed by atoms with Crippen LogP contribution in [0.1, 0.15) is 11.3 Å². The molecule has 0 atom stereocenters. The Labute approximate surface area is 139 Å². The highest BCUT2D eigenvalue weighted by Gasteiger charge is 2.10. The first-order valence-electron chi connectivity index (χ1n) is 7.75. The van der Waals surface area contributed by atoms with Gasteiger partial charge in [-0.05, 0) is 31.2 Å². The van der Waals surface area contributed by atoms with Gasteiger partial charge in [-0.1, -0.05) is 18.2 Å². The van der Waals surface area contributed by atoms with Crippen LogP contribution in [0.2, 0.25) is 0 Å². The molecule has 1 aromatic carbocycles. The van der Waals surface area contributed by atoms with Gasteiger partial charge in [-0.2, -0.15) is 0 Å². The van der Waals surface area contributed by atoms with Gasteiger partial charge in [0, 0.05) is 35.1 Å². The molecule has 0 amide bonds. The highest BCUT2D eigenvalue weighted by atomic mass is 16.3. The third kappa shape index (κ3) is 2.72. The first kappa shape index (κ1) is 14.4. The lowest BCUT2D eigenvalue weighted by Crippen LogP contribution is -2.04. The molecule has 0 fully saturated rings. The van der Waals surface area contributed by atoms with Gasteiger partial charge in [0.05, 0.1) is 12.2 Å². The minimum Gasteiger partial charge on any atom is -0.459 e. The van der Waals surface area contributed by atoms with Crippen molar-refractivity contribution in [3.05, 3.63) is 72.4 Å². The van der Waals surface area contributed by atoms with Gasteiger partial charge >= 0.3 is 0 Å². The standard InChI is InChI=1S/C19H16N4O/c1-13-15-6-2-3-7-17(15)24-18(13)12-22-19-21-10-8-16(23-19)14-5-4-9-20-11-14/h2-11H,12H2,1H3,(H,21,22,23). The second kappa shape index (κ2) is 6.12. The molecular formula is C19H16N4O. The summed E-state index contributed by atoms with van der Waals surface area (Å²) in [5, 5.41) is 4.37. The maximum atomic E-state index is 5.91. The van der Waals surface area contributed by atoms with Crippen molar-refractivity contribution in [1.29, 1.82) is 0 Å². The largest absolute Gasteiger partial charge is 0.459 e. The van der Waals surface area contributed by atoms with E-state index in [1.54, 1.807) is 18.6 Å². The number of hydrogen-bond acceptors (Lipinski definition) is 5. The van der Waals surface area contributed by atoms with Crippen LogP contribution in [0, 0.1) is 6.92 Å². The Hall–Kier alpha value is -3.21. The van der Waals surface area contributed by atoms with E-state index < -0.39 is 0 Å². The molecule has 118 valence electrons. The van der Waals surface area contributed by atoms with Gasteiger partial charge in [0.2, 0.25) is 5.95 Å². The number of para-hydroxylation sites is 1. The number of nitrogens with zero attached hydrogens (tertiary/aromatic N) is 3. The lowest BCUT2D eigenvalue weighted by molar-refractivity contribution is 0.555. The van der Waals surface area contributed by atoms with Crippen molar-refractivity contribution in [2.75, 3.05) is 5.32 Å². The Morgan fingerprint density at radius 3 is 2.79 bits per heavy atom. The van der Waals surface area contributed by atoms with Crippen molar-refractivity contribution in [3.63, 3.8) is 0 Å². The van der Waals surface area contributed by atoms with Gasteiger partial charge in [0.1, 0.15) is 11.3 Å². The molecule has 5 heteroatoms. The number of hydrogen-bond donors (Lipinski definition) is 1. The Bertz CT molecular complexity index is 979. The van der Waals surface area contributed by atoms with Crippen LogP contribution < -0.4 is 5.32 Å². The normalized spacial score (nSPS) is 10.9. The molecule has 24 heavy (non-hydrogen) atoms. The van der Waals surface area contributed by atoms with Crippen molar-refractivity contribution < 1.29 is 4.42 Å². The van der Waals surface area contributed by atoms with Crippen molar-refractivity contribution >= 4 is 16.9 Å². The van der Waals surface area contributed by atoms with Crippen LogP contribution in [0.25, 0.3) is 22.2 Å². The summed E-state index contributed by atoms with van der Waals surface area (Å²) in [7, 11) is 0. The van der Waals surface area contributed by atoms with Gasteiger partial charge in [0.25, 0.3) is 0 Å². The Kier molecular flexibility index (Phi) is 3.67. The molecule has 0 spiro atoms. The van der Waals surface area contributed by atoms with Gasteiger partial charge in [0.15, 0.2) is 0 Å². The zero-order valence-electron chi connectivity index (χ0n) is 13.2. The summed E-state index contributed by atoms with van der Waals surface area (Å²) in [5.74, 6) is 1.46. The van der Waals surface area contributed by atoms with Crippen LogP contribution in [0.3, 0.4) is 0 Å². The smallest absolute Gasteiger partial charge is 0.223 e. The topological polar surface area (TPSA) is 63.8 Å².